The van der Waals surface area contributed by atoms with Crippen LogP contribution in [0.3, 0.4) is 0 Å². The van der Waals surface area contributed by atoms with E-state index in [4.69, 9.17) is 4.42 Å². The van der Waals surface area contributed by atoms with E-state index in [-0.39, 0.29) is 5.41 Å². The maximum Gasteiger partial charge on any atom is 0.364 e. The second-order valence-corrected chi connectivity index (χ2v) is 22.5. The van der Waals surface area contributed by atoms with Crippen LogP contribution in [0.25, 0.3) is 72.4 Å². The first kappa shape index (κ1) is 32.4. The smallest absolute Gasteiger partial charge is 0.364 e. The lowest BCUT2D eigenvalue weighted by Gasteiger charge is -2.24. The fraction of sp³-hybridized carbons (Fsp3) is 0.160. The van der Waals surface area contributed by atoms with E-state index in [2.05, 4.69) is 206 Å². The second-order valence-electron chi connectivity index (χ2n) is 17.5. The molecule has 0 radical (unpaired) electrons. The van der Waals surface area contributed by atoms with Crippen LogP contribution in [0, 0.1) is 0 Å². The summed E-state index contributed by atoms with van der Waals surface area (Å²) >= 11 is 0. The van der Waals surface area contributed by atoms with Gasteiger partial charge in [0.2, 0.25) is 5.69 Å². The predicted molar refractivity (Wildman–Crippen MR) is 227 cm³/mol. The molecule has 2 aliphatic heterocycles. The van der Waals surface area contributed by atoms with Crippen LogP contribution in [0.5, 0.6) is 0 Å². The van der Waals surface area contributed by atoms with E-state index in [1.54, 1.807) is 0 Å². The lowest BCUT2D eigenvalue weighted by molar-refractivity contribution is -0.944. The molecule has 1 atom stereocenters. The van der Waals surface area contributed by atoms with Gasteiger partial charge in [0.05, 0.1) is 24.8 Å². The zero-order valence-electron chi connectivity index (χ0n) is 32.2. The summed E-state index contributed by atoms with van der Waals surface area (Å²) in [5.74, 6) is 1.12. The van der Waals surface area contributed by atoms with Gasteiger partial charge in [0.25, 0.3) is 0 Å². The van der Waals surface area contributed by atoms with E-state index in [1.165, 1.54) is 49.8 Å². The van der Waals surface area contributed by atoms with Gasteiger partial charge < -0.3 is 4.42 Å². The molecule has 1 unspecified atom stereocenters. The minimum atomic E-state index is -1.73. The van der Waals surface area contributed by atoms with Crippen LogP contribution in [0.2, 0.25) is 19.6 Å². The molecule has 0 saturated heterocycles. The molecule has 1 spiro atoms. The molecular formula is C50H43N3OSi+2. The largest absolute Gasteiger partial charge is 0.455 e. The minimum Gasteiger partial charge on any atom is -0.455 e. The maximum atomic E-state index is 7.02. The summed E-state index contributed by atoms with van der Waals surface area (Å²) in [5, 5.41) is 3.70. The summed E-state index contributed by atoms with van der Waals surface area (Å²) in [6, 6.07) is 53.9. The third kappa shape index (κ3) is 4.33. The first-order chi connectivity index (χ1) is 26.5. The molecule has 3 aromatic heterocycles. The van der Waals surface area contributed by atoms with Gasteiger partial charge in [-0.3, -0.25) is 0 Å². The predicted octanol–water partition coefficient (Wildman–Crippen LogP) is 10.9. The summed E-state index contributed by atoms with van der Waals surface area (Å²) in [4.78, 5) is 0. The van der Waals surface area contributed by atoms with E-state index in [0.29, 0.717) is 0 Å². The third-order valence-electron chi connectivity index (χ3n) is 12.2. The molecule has 0 fully saturated rings. The van der Waals surface area contributed by atoms with Crippen molar-refractivity contribution in [3.8, 4) is 39.5 Å². The van der Waals surface area contributed by atoms with Crippen LogP contribution in [0.4, 0.5) is 0 Å². The van der Waals surface area contributed by atoms with Crippen molar-refractivity contribution in [3.63, 3.8) is 0 Å². The van der Waals surface area contributed by atoms with Gasteiger partial charge in [-0.2, -0.15) is 4.57 Å². The van der Waals surface area contributed by atoms with Gasteiger partial charge in [0, 0.05) is 22.0 Å². The number of rotatable bonds is 3. The lowest BCUT2D eigenvalue weighted by Crippen LogP contribution is -2.72. The highest BCUT2D eigenvalue weighted by molar-refractivity contribution is 6.88. The van der Waals surface area contributed by atoms with Crippen molar-refractivity contribution in [2.45, 2.75) is 51.5 Å². The third-order valence-corrected chi connectivity index (χ3v) is 14.2. The number of pyridine rings is 1. The van der Waals surface area contributed by atoms with Crippen molar-refractivity contribution >= 4 is 46.2 Å². The highest BCUT2D eigenvalue weighted by Gasteiger charge is 2.67. The van der Waals surface area contributed by atoms with E-state index in [9.17, 15) is 0 Å². The van der Waals surface area contributed by atoms with Crippen molar-refractivity contribution in [2.24, 2.45) is 0 Å². The quantitative estimate of drug-likeness (QED) is 0.131. The van der Waals surface area contributed by atoms with Crippen molar-refractivity contribution < 1.29 is 13.6 Å². The number of hydrogen-bond acceptors (Lipinski definition) is 1. The topological polar surface area (TPSA) is 25.8 Å². The number of fused-ring (bicyclic) bond motifs is 16. The minimum absolute atomic E-state index is 0.0364. The van der Waals surface area contributed by atoms with Gasteiger partial charge in [0.15, 0.2) is 22.8 Å². The Labute approximate surface area is 322 Å². The van der Waals surface area contributed by atoms with Crippen LogP contribution >= 0.6 is 0 Å². The molecule has 0 aliphatic carbocycles. The SMILES string of the molecule is CC(C)(C)c1ccc2c(c1)C1(c3ccc4c(oc5ccccc54)c3-c3n(-c4ccc(-c5ccccc5)cc4)c4ccccc4[n+]31)[n+]1cc([Si](C)(C)C)ccc1-2. The molecule has 0 bridgehead atoms. The van der Waals surface area contributed by atoms with Crippen LogP contribution < -0.4 is 14.3 Å². The average Bonchev–Trinajstić information content (AvgIpc) is 3.90. The Morgan fingerprint density at radius 3 is 2.16 bits per heavy atom. The Morgan fingerprint density at radius 1 is 0.655 bits per heavy atom. The second kappa shape index (κ2) is 11.0. The van der Waals surface area contributed by atoms with Crippen molar-refractivity contribution in [1.82, 2.24) is 4.57 Å². The highest BCUT2D eigenvalue weighted by atomic mass is 28.3. The first-order valence-corrected chi connectivity index (χ1v) is 22.9. The highest BCUT2D eigenvalue weighted by Crippen LogP contribution is 2.52. The molecule has 55 heavy (non-hydrogen) atoms. The Hall–Kier alpha value is -6.04. The van der Waals surface area contributed by atoms with Crippen molar-refractivity contribution in [1.29, 1.82) is 0 Å². The molecular weight excluding hydrogens is 687 g/mol. The van der Waals surface area contributed by atoms with Gasteiger partial charge in [-0.1, -0.05) is 125 Å². The molecule has 6 aromatic carbocycles. The number of benzene rings is 6. The normalized spacial score (nSPS) is 15.9. The zero-order chi connectivity index (χ0) is 37.4. The van der Waals surface area contributed by atoms with Gasteiger partial charge >= 0.3 is 11.5 Å². The van der Waals surface area contributed by atoms with Gasteiger partial charge in [-0.05, 0) is 76.7 Å². The van der Waals surface area contributed by atoms with Crippen molar-refractivity contribution in [2.75, 3.05) is 0 Å². The monoisotopic (exact) mass is 729 g/mol. The average molecular weight is 730 g/mol. The molecule has 0 saturated carbocycles. The molecule has 11 rings (SSSR count). The van der Waals surface area contributed by atoms with E-state index in [1.807, 2.05) is 0 Å². The Kier molecular flexibility index (Phi) is 6.49. The fourth-order valence-corrected chi connectivity index (χ4v) is 10.5. The summed E-state index contributed by atoms with van der Waals surface area (Å²) in [5.41, 5.74) is 14.5. The molecule has 0 N–H and O–H groups in total. The van der Waals surface area contributed by atoms with Crippen LogP contribution in [-0.4, -0.2) is 12.6 Å². The Bertz CT molecular complexity index is 2980. The number of hydrogen-bond donors (Lipinski definition) is 0. The lowest BCUT2D eigenvalue weighted by atomic mass is 9.82. The Balaban J connectivity index is 1.34. The van der Waals surface area contributed by atoms with Gasteiger partial charge in [-0.15, -0.1) is 9.13 Å². The molecule has 2 aliphatic rings. The number of nitrogens with zero attached hydrogens (tertiary/aromatic N) is 3. The maximum absolute atomic E-state index is 7.02. The number of furan rings is 1. The van der Waals surface area contributed by atoms with Crippen molar-refractivity contribution in [3.05, 3.63) is 168 Å². The number of imidazole rings is 1. The first-order valence-electron chi connectivity index (χ1n) is 19.4. The summed E-state index contributed by atoms with van der Waals surface area (Å²) in [6.45, 7) is 14.3. The van der Waals surface area contributed by atoms with Crippen LogP contribution in [-0.2, 0) is 11.1 Å². The number of aromatic nitrogens is 3. The Morgan fingerprint density at radius 2 is 1.38 bits per heavy atom. The zero-order valence-corrected chi connectivity index (χ0v) is 33.2. The number of para-hydroxylation sites is 3. The molecule has 5 heterocycles. The van der Waals surface area contributed by atoms with Gasteiger partial charge in [0.1, 0.15) is 16.8 Å². The summed E-state index contributed by atoms with van der Waals surface area (Å²) in [7, 11) is -1.73. The molecule has 4 nitrogen and oxygen atoms in total. The standard InChI is InChI=1S/C50H43N3OSi/c1-49(2,3)34-22-26-39-41(30-34)50(51-31-36(55(4,5)6)25-29-42(39)51)40-28-27-38-37-16-10-13-19-45(37)54-47(38)46(40)48-52(43-17-11-12-18-44(43)53(48)50)35-23-20-33(21-24-35)32-14-8-7-9-15-32/h7-31H,1-6H3/q+2. The van der Waals surface area contributed by atoms with Crippen LogP contribution in [0.15, 0.2) is 156 Å². The molecule has 5 heteroatoms. The molecule has 9 aromatic rings. The van der Waals surface area contributed by atoms with E-state index >= 15 is 0 Å². The van der Waals surface area contributed by atoms with Gasteiger partial charge in [-0.25, -0.2) is 0 Å². The molecule has 266 valence electrons. The summed E-state index contributed by atoms with van der Waals surface area (Å²) < 4.78 is 14.8. The molecule has 0 amide bonds. The fourth-order valence-electron chi connectivity index (χ4n) is 9.43. The van der Waals surface area contributed by atoms with E-state index in [0.717, 1.165) is 44.5 Å². The van der Waals surface area contributed by atoms with E-state index < -0.39 is 13.7 Å². The van der Waals surface area contributed by atoms with Crippen LogP contribution in [0.1, 0.15) is 37.5 Å². The summed E-state index contributed by atoms with van der Waals surface area (Å²) in [6.07, 6.45) is 2.49.